The van der Waals surface area contributed by atoms with E-state index in [9.17, 15) is 4.79 Å². The fourth-order valence-corrected chi connectivity index (χ4v) is 1.27. The van der Waals surface area contributed by atoms with Gasteiger partial charge in [0.1, 0.15) is 6.54 Å². The average molecular weight is 203 g/mol. The lowest BCUT2D eigenvalue weighted by Crippen LogP contribution is -2.29. The maximum absolute atomic E-state index is 10.6. The molecule has 0 radical (unpaired) electrons. The summed E-state index contributed by atoms with van der Waals surface area (Å²) in [5.41, 5.74) is 1.97. The number of benzene rings is 1. The number of rotatable bonds is 4. The van der Waals surface area contributed by atoms with E-state index in [1.165, 1.54) is 0 Å². The SMILES string of the molecule is C#CCN(CC(=O)O)c1ccc(C)cc1. The summed E-state index contributed by atoms with van der Waals surface area (Å²) in [6.45, 7) is 2.20. The number of nitrogens with zero attached hydrogens (tertiary/aromatic N) is 1. The van der Waals surface area contributed by atoms with Crippen molar-refractivity contribution in [3.63, 3.8) is 0 Å². The van der Waals surface area contributed by atoms with E-state index in [4.69, 9.17) is 11.5 Å². The highest BCUT2D eigenvalue weighted by Crippen LogP contribution is 2.14. The second-order valence-corrected chi connectivity index (χ2v) is 3.29. The molecular formula is C12H13NO2. The molecule has 78 valence electrons. The first-order chi connectivity index (χ1) is 7.13. The Morgan fingerprint density at radius 1 is 1.47 bits per heavy atom. The van der Waals surface area contributed by atoms with Crippen molar-refractivity contribution in [1.82, 2.24) is 0 Å². The van der Waals surface area contributed by atoms with Crippen LogP contribution in [0.15, 0.2) is 24.3 Å². The Labute approximate surface area is 89.3 Å². The summed E-state index contributed by atoms with van der Waals surface area (Å²) in [5, 5.41) is 8.72. The highest BCUT2D eigenvalue weighted by atomic mass is 16.4. The van der Waals surface area contributed by atoms with Crippen molar-refractivity contribution in [2.45, 2.75) is 6.92 Å². The summed E-state index contributed by atoms with van der Waals surface area (Å²) >= 11 is 0. The van der Waals surface area contributed by atoms with E-state index in [1.54, 1.807) is 4.90 Å². The number of carboxylic acids is 1. The highest BCUT2D eigenvalue weighted by molar-refractivity contribution is 5.74. The van der Waals surface area contributed by atoms with E-state index in [2.05, 4.69) is 5.92 Å². The number of carbonyl (C=O) groups is 1. The zero-order valence-electron chi connectivity index (χ0n) is 8.60. The zero-order valence-corrected chi connectivity index (χ0v) is 8.60. The van der Waals surface area contributed by atoms with Crippen molar-refractivity contribution < 1.29 is 9.90 Å². The maximum atomic E-state index is 10.6. The third-order valence-electron chi connectivity index (χ3n) is 2.01. The van der Waals surface area contributed by atoms with Gasteiger partial charge in [-0.3, -0.25) is 4.79 Å². The van der Waals surface area contributed by atoms with Gasteiger partial charge in [-0.25, -0.2) is 0 Å². The smallest absolute Gasteiger partial charge is 0.323 e. The Morgan fingerprint density at radius 2 is 2.07 bits per heavy atom. The summed E-state index contributed by atoms with van der Waals surface area (Å²) in [6, 6.07) is 7.60. The van der Waals surface area contributed by atoms with Gasteiger partial charge >= 0.3 is 5.97 Å². The molecule has 0 amide bonds. The van der Waals surface area contributed by atoms with Crippen LogP contribution >= 0.6 is 0 Å². The standard InChI is InChI=1S/C12H13NO2/c1-3-8-13(9-12(14)15)11-6-4-10(2)5-7-11/h1,4-7H,8-9H2,2H3,(H,14,15). The van der Waals surface area contributed by atoms with E-state index in [1.807, 2.05) is 31.2 Å². The zero-order chi connectivity index (χ0) is 11.3. The first kappa shape index (κ1) is 11.1. The van der Waals surface area contributed by atoms with E-state index in [0.717, 1.165) is 11.3 Å². The van der Waals surface area contributed by atoms with Crippen molar-refractivity contribution >= 4 is 11.7 Å². The van der Waals surface area contributed by atoms with Crippen molar-refractivity contribution in [1.29, 1.82) is 0 Å². The van der Waals surface area contributed by atoms with Crippen LogP contribution in [0.3, 0.4) is 0 Å². The fourth-order valence-electron chi connectivity index (χ4n) is 1.27. The molecule has 0 unspecified atom stereocenters. The third-order valence-corrected chi connectivity index (χ3v) is 2.01. The van der Waals surface area contributed by atoms with Gasteiger partial charge in [0.2, 0.25) is 0 Å². The quantitative estimate of drug-likeness (QED) is 0.754. The molecule has 3 nitrogen and oxygen atoms in total. The predicted octanol–water partition coefficient (Wildman–Crippen LogP) is 1.52. The van der Waals surface area contributed by atoms with Crippen molar-refractivity contribution in [2.24, 2.45) is 0 Å². The predicted molar refractivity (Wildman–Crippen MR) is 59.9 cm³/mol. The minimum Gasteiger partial charge on any atom is -0.480 e. The van der Waals surface area contributed by atoms with Crippen molar-refractivity contribution in [3.8, 4) is 12.3 Å². The second kappa shape index (κ2) is 5.06. The molecule has 0 bridgehead atoms. The van der Waals surface area contributed by atoms with Crippen molar-refractivity contribution in [3.05, 3.63) is 29.8 Å². The Morgan fingerprint density at radius 3 is 2.53 bits per heavy atom. The largest absolute Gasteiger partial charge is 0.480 e. The summed E-state index contributed by atoms with van der Waals surface area (Å²) in [6.07, 6.45) is 5.19. The molecule has 0 heterocycles. The Bertz CT molecular complexity index is 376. The molecule has 0 aliphatic carbocycles. The number of hydrogen-bond acceptors (Lipinski definition) is 2. The first-order valence-electron chi connectivity index (χ1n) is 4.60. The molecule has 3 heteroatoms. The van der Waals surface area contributed by atoms with Crippen LogP contribution in [-0.4, -0.2) is 24.2 Å². The topological polar surface area (TPSA) is 40.5 Å². The van der Waals surface area contributed by atoms with Gasteiger partial charge in [0.25, 0.3) is 0 Å². The molecule has 1 rings (SSSR count). The van der Waals surface area contributed by atoms with E-state index >= 15 is 0 Å². The van der Waals surface area contributed by atoms with E-state index in [-0.39, 0.29) is 6.54 Å². The van der Waals surface area contributed by atoms with Gasteiger partial charge < -0.3 is 10.0 Å². The lowest BCUT2D eigenvalue weighted by molar-refractivity contribution is -0.135. The van der Waals surface area contributed by atoms with E-state index < -0.39 is 5.97 Å². The fraction of sp³-hybridized carbons (Fsp3) is 0.250. The van der Waals surface area contributed by atoms with Gasteiger partial charge in [-0.15, -0.1) is 6.42 Å². The van der Waals surface area contributed by atoms with Gasteiger partial charge in [0, 0.05) is 5.69 Å². The van der Waals surface area contributed by atoms with Gasteiger partial charge in [-0.1, -0.05) is 23.6 Å². The average Bonchev–Trinajstić information content (AvgIpc) is 2.17. The number of aliphatic carboxylic acids is 1. The third kappa shape index (κ3) is 3.35. The van der Waals surface area contributed by atoms with Crippen LogP contribution < -0.4 is 4.90 Å². The molecule has 1 aromatic carbocycles. The lowest BCUT2D eigenvalue weighted by Gasteiger charge is -2.20. The molecule has 1 N–H and O–H groups in total. The summed E-state index contributed by atoms with van der Waals surface area (Å²) in [7, 11) is 0. The first-order valence-corrected chi connectivity index (χ1v) is 4.60. The van der Waals surface area contributed by atoms with Crippen LogP contribution in [0, 0.1) is 19.3 Å². The number of aryl methyl sites for hydroxylation is 1. The van der Waals surface area contributed by atoms with Crippen LogP contribution in [0.1, 0.15) is 5.56 Å². The lowest BCUT2D eigenvalue weighted by atomic mass is 10.2. The monoisotopic (exact) mass is 203 g/mol. The van der Waals surface area contributed by atoms with Gasteiger partial charge in [0.05, 0.1) is 6.54 Å². The Hall–Kier alpha value is -1.95. The number of terminal acetylenes is 1. The van der Waals surface area contributed by atoms with Gasteiger partial charge in [-0.2, -0.15) is 0 Å². The minimum atomic E-state index is -0.883. The summed E-state index contributed by atoms with van der Waals surface area (Å²) < 4.78 is 0. The molecule has 15 heavy (non-hydrogen) atoms. The molecule has 0 aliphatic rings. The molecule has 0 saturated heterocycles. The molecule has 0 atom stereocenters. The van der Waals surface area contributed by atoms with Crippen molar-refractivity contribution in [2.75, 3.05) is 18.0 Å². The van der Waals surface area contributed by atoms with Crippen LogP contribution in [-0.2, 0) is 4.79 Å². The van der Waals surface area contributed by atoms with Crippen LogP contribution in [0.2, 0.25) is 0 Å². The normalized spacial score (nSPS) is 9.33. The molecule has 0 aromatic heterocycles. The molecule has 0 saturated carbocycles. The maximum Gasteiger partial charge on any atom is 0.323 e. The van der Waals surface area contributed by atoms with Gasteiger partial charge in [0.15, 0.2) is 0 Å². The second-order valence-electron chi connectivity index (χ2n) is 3.29. The van der Waals surface area contributed by atoms with Crippen LogP contribution in [0.5, 0.6) is 0 Å². The summed E-state index contributed by atoms with van der Waals surface area (Å²) in [5.74, 6) is 1.57. The molecule has 0 spiro atoms. The van der Waals surface area contributed by atoms with Crippen LogP contribution in [0.25, 0.3) is 0 Å². The van der Waals surface area contributed by atoms with E-state index in [0.29, 0.717) is 6.54 Å². The number of hydrogen-bond donors (Lipinski definition) is 1. The molecule has 0 aliphatic heterocycles. The van der Waals surface area contributed by atoms with Crippen LogP contribution in [0.4, 0.5) is 5.69 Å². The summed E-state index contributed by atoms with van der Waals surface area (Å²) in [4.78, 5) is 12.3. The molecule has 0 fully saturated rings. The van der Waals surface area contributed by atoms with Gasteiger partial charge in [-0.05, 0) is 19.1 Å². The number of carboxylic acid groups (broad SMARTS) is 1. The minimum absolute atomic E-state index is 0.0761. The molecular weight excluding hydrogens is 190 g/mol. The Balaban J connectivity index is 2.84. The number of anilines is 1. The highest BCUT2D eigenvalue weighted by Gasteiger charge is 2.08. The Kier molecular flexibility index (Phi) is 3.75. The molecule has 1 aromatic rings.